The Balaban J connectivity index is 2.78. The number of nitrogens with one attached hydrogen (secondary N) is 3. The minimum absolute atomic E-state index is 0.540. The Morgan fingerprint density at radius 1 is 1.57 bits per heavy atom. The van der Waals surface area contributed by atoms with Crippen molar-refractivity contribution in [1.29, 1.82) is 0 Å². The number of allylic oxidation sites excluding steroid dienone is 2. The highest BCUT2D eigenvalue weighted by atomic mass is 16.2. The number of urea groups is 1. The molecule has 0 bridgehead atoms. The Labute approximate surface area is 83.4 Å². The maximum Gasteiger partial charge on any atom is 0.313 e. The predicted molar refractivity (Wildman–Crippen MR) is 55.4 cm³/mol. The summed E-state index contributed by atoms with van der Waals surface area (Å²) in [6.07, 6.45) is 6.36. The third-order valence-corrected chi connectivity index (χ3v) is 2.26. The van der Waals surface area contributed by atoms with Crippen molar-refractivity contribution in [2.24, 2.45) is 5.73 Å². The van der Waals surface area contributed by atoms with Crippen molar-refractivity contribution < 1.29 is 4.79 Å². The molecule has 1 aliphatic carbocycles. The Morgan fingerprint density at radius 2 is 2.29 bits per heavy atom. The van der Waals surface area contributed by atoms with Crippen LogP contribution in [0.15, 0.2) is 23.9 Å². The lowest BCUT2D eigenvalue weighted by Crippen LogP contribution is -2.58. The van der Waals surface area contributed by atoms with Crippen molar-refractivity contribution in [1.82, 2.24) is 16.0 Å². The molecule has 2 amide bonds. The van der Waals surface area contributed by atoms with Gasteiger partial charge in [0, 0.05) is 19.2 Å². The number of carbonyl (C=O) groups excluding carboxylic acids is 1. The van der Waals surface area contributed by atoms with Gasteiger partial charge in [0.15, 0.2) is 0 Å². The van der Waals surface area contributed by atoms with Gasteiger partial charge in [0.05, 0.1) is 0 Å². The summed E-state index contributed by atoms with van der Waals surface area (Å²) in [4.78, 5) is 10.8. The average Bonchev–Trinajstić information content (AvgIpc) is 2.17. The molecule has 1 unspecified atom stereocenters. The van der Waals surface area contributed by atoms with Crippen LogP contribution in [-0.4, -0.2) is 25.8 Å². The molecule has 1 rings (SSSR count). The van der Waals surface area contributed by atoms with E-state index in [0.717, 1.165) is 5.70 Å². The van der Waals surface area contributed by atoms with Crippen LogP contribution >= 0.6 is 0 Å². The first-order valence-corrected chi connectivity index (χ1v) is 4.44. The Kier molecular flexibility index (Phi) is 3.14. The molecule has 0 saturated heterocycles. The molecule has 0 spiro atoms. The van der Waals surface area contributed by atoms with E-state index in [1.807, 2.05) is 25.3 Å². The number of nitrogens with two attached hydrogens (primary N) is 1. The van der Waals surface area contributed by atoms with Crippen LogP contribution < -0.4 is 21.7 Å². The van der Waals surface area contributed by atoms with E-state index in [0.29, 0.717) is 6.42 Å². The van der Waals surface area contributed by atoms with Crippen molar-refractivity contribution in [2.45, 2.75) is 12.1 Å². The fourth-order valence-corrected chi connectivity index (χ4v) is 1.46. The number of likely N-dealkylation sites (N-methyl/N-ethyl adjacent to an activating group) is 1. The Bertz CT molecular complexity index is 285. The standard InChI is InChI=1S/C9H16N4O/c1-11-7-4-3-5-9(6-7,12-2)13-8(10)14/h3-5,11-12H,6H2,1-2H3,(H3,10,13,14). The minimum Gasteiger partial charge on any atom is -0.391 e. The Hall–Kier alpha value is -1.49. The lowest BCUT2D eigenvalue weighted by atomic mass is 9.98. The van der Waals surface area contributed by atoms with Gasteiger partial charge in [-0.1, -0.05) is 6.08 Å². The number of primary amides is 1. The van der Waals surface area contributed by atoms with E-state index in [1.54, 1.807) is 7.05 Å². The van der Waals surface area contributed by atoms with E-state index < -0.39 is 11.7 Å². The molecule has 5 N–H and O–H groups in total. The number of hydrogen-bond donors (Lipinski definition) is 4. The van der Waals surface area contributed by atoms with Crippen molar-refractivity contribution >= 4 is 6.03 Å². The van der Waals surface area contributed by atoms with Crippen LogP contribution in [0.1, 0.15) is 6.42 Å². The topological polar surface area (TPSA) is 79.2 Å². The molecule has 1 aliphatic rings. The van der Waals surface area contributed by atoms with E-state index in [4.69, 9.17) is 5.73 Å². The third-order valence-electron chi connectivity index (χ3n) is 2.26. The minimum atomic E-state index is -0.571. The maximum atomic E-state index is 10.8. The first kappa shape index (κ1) is 10.6. The molecule has 0 aromatic carbocycles. The fraction of sp³-hybridized carbons (Fsp3) is 0.444. The number of amides is 2. The summed E-state index contributed by atoms with van der Waals surface area (Å²) >= 11 is 0. The molecular formula is C9H16N4O. The van der Waals surface area contributed by atoms with Gasteiger partial charge in [-0.05, 0) is 19.2 Å². The maximum absolute atomic E-state index is 10.8. The van der Waals surface area contributed by atoms with Crippen LogP contribution in [0.25, 0.3) is 0 Å². The number of hydrogen-bond acceptors (Lipinski definition) is 3. The van der Waals surface area contributed by atoms with E-state index in [-0.39, 0.29) is 0 Å². The zero-order valence-electron chi connectivity index (χ0n) is 8.42. The molecule has 0 saturated carbocycles. The van der Waals surface area contributed by atoms with Crippen molar-refractivity contribution in [3.05, 3.63) is 23.9 Å². The van der Waals surface area contributed by atoms with Crippen LogP contribution in [0.2, 0.25) is 0 Å². The van der Waals surface area contributed by atoms with Crippen molar-refractivity contribution in [3.8, 4) is 0 Å². The monoisotopic (exact) mass is 196 g/mol. The molecule has 1 atom stereocenters. The molecule has 0 heterocycles. The van der Waals surface area contributed by atoms with Crippen LogP contribution in [0.4, 0.5) is 4.79 Å². The summed E-state index contributed by atoms with van der Waals surface area (Å²) in [5.74, 6) is 0. The normalized spacial score (nSPS) is 25.4. The summed E-state index contributed by atoms with van der Waals surface area (Å²) in [6.45, 7) is 0. The van der Waals surface area contributed by atoms with Gasteiger partial charge in [-0.25, -0.2) is 4.79 Å². The largest absolute Gasteiger partial charge is 0.391 e. The molecule has 5 heteroatoms. The van der Waals surface area contributed by atoms with E-state index in [2.05, 4.69) is 16.0 Å². The zero-order valence-corrected chi connectivity index (χ0v) is 8.42. The SMILES string of the molecule is CNC1=CC=CC(NC)(NC(N)=O)C1. The van der Waals surface area contributed by atoms with Gasteiger partial charge in [-0.3, -0.25) is 5.32 Å². The number of rotatable bonds is 3. The molecule has 78 valence electrons. The second-order valence-corrected chi connectivity index (χ2v) is 3.19. The molecule has 14 heavy (non-hydrogen) atoms. The van der Waals surface area contributed by atoms with Crippen molar-refractivity contribution in [2.75, 3.05) is 14.1 Å². The molecule has 5 nitrogen and oxygen atoms in total. The lowest BCUT2D eigenvalue weighted by Gasteiger charge is -2.33. The predicted octanol–water partition coefficient (Wildman–Crippen LogP) is -0.366. The molecule has 0 fully saturated rings. The highest BCUT2D eigenvalue weighted by Crippen LogP contribution is 2.18. The summed E-state index contributed by atoms with van der Waals surface area (Å²) in [5.41, 5.74) is 5.57. The van der Waals surface area contributed by atoms with E-state index >= 15 is 0 Å². The third kappa shape index (κ3) is 2.26. The second kappa shape index (κ2) is 4.15. The first-order valence-electron chi connectivity index (χ1n) is 4.44. The molecule has 0 aromatic heterocycles. The van der Waals surface area contributed by atoms with Gasteiger partial charge >= 0.3 is 6.03 Å². The van der Waals surface area contributed by atoms with E-state index in [1.165, 1.54) is 0 Å². The van der Waals surface area contributed by atoms with Gasteiger partial charge in [0.2, 0.25) is 0 Å². The number of carbonyl (C=O) groups is 1. The van der Waals surface area contributed by atoms with Gasteiger partial charge in [0.25, 0.3) is 0 Å². The first-order chi connectivity index (χ1) is 6.62. The summed E-state index contributed by atoms with van der Waals surface area (Å²) in [5, 5.41) is 8.75. The smallest absolute Gasteiger partial charge is 0.313 e. The summed E-state index contributed by atoms with van der Waals surface area (Å²) in [6, 6.07) is -0.540. The second-order valence-electron chi connectivity index (χ2n) is 3.19. The molecular weight excluding hydrogens is 180 g/mol. The highest BCUT2D eigenvalue weighted by Gasteiger charge is 2.28. The molecule has 0 aromatic rings. The average molecular weight is 196 g/mol. The van der Waals surface area contributed by atoms with Gasteiger partial charge in [-0.15, -0.1) is 0 Å². The van der Waals surface area contributed by atoms with Gasteiger partial charge in [-0.2, -0.15) is 0 Å². The zero-order chi connectivity index (χ0) is 10.6. The molecule has 0 radical (unpaired) electrons. The van der Waals surface area contributed by atoms with Crippen LogP contribution in [0.5, 0.6) is 0 Å². The van der Waals surface area contributed by atoms with E-state index in [9.17, 15) is 4.79 Å². The molecule has 0 aliphatic heterocycles. The summed E-state index contributed by atoms with van der Waals surface area (Å²) < 4.78 is 0. The fourth-order valence-electron chi connectivity index (χ4n) is 1.46. The lowest BCUT2D eigenvalue weighted by molar-refractivity contribution is 0.234. The van der Waals surface area contributed by atoms with Crippen LogP contribution in [-0.2, 0) is 0 Å². The van der Waals surface area contributed by atoms with Gasteiger partial charge in [0.1, 0.15) is 5.66 Å². The highest BCUT2D eigenvalue weighted by molar-refractivity contribution is 5.73. The Morgan fingerprint density at radius 3 is 2.79 bits per heavy atom. The summed E-state index contributed by atoms with van der Waals surface area (Å²) in [7, 11) is 3.62. The van der Waals surface area contributed by atoms with Gasteiger partial charge < -0.3 is 16.4 Å². The van der Waals surface area contributed by atoms with Crippen molar-refractivity contribution in [3.63, 3.8) is 0 Å². The van der Waals surface area contributed by atoms with Crippen LogP contribution in [0, 0.1) is 0 Å². The van der Waals surface area contributed by atoms with Crippen LogP contribution in [0.3, 0.4) is 0 Å². The quantitative estimate of drug-likeness (QED) is 0.465.